The van der Waals surface area contributed by atoms with Crippen molar-refractivity contribution in [3.63, 3.8) is 0 Å². The van der Waals surface area contributed by atoms with Crippen molar-refractivity contribution in [3.05, 3.63) is 57.4 Å². The van der Waals surface area contributed by atoms with Crippen molar-refractivity contribution in [2.75, 3.05) is 44.7 Å². The Kier molecular flexibility index (Phi) is 5.80. The van der Waals surface area contributed by atoms with Gasteiger partial charge in [-0.15, -0.1) is 11.3 Å². The molecule has 4 rings (SSSR count). The van der Waals surface area contributed by atoms with Crippen LogP contribution < -0.4 is 5.32 Å². The smallest absolute Gasteiger partial charge is 0.278 e. The van der Waals surface area contributed by atoms with Gasteiger partial charge in [0.05, 0.1) is 18.8 Å². The van der Waals surface area contributed by atoms with Gasteiger partial charge in [0.15, 0.2) is 0 Å². The van der Waals surface area contributed by atoms with Crippen LogP contribution in [0.25, 0.3) is 5.57 Å². The third kappa shape index (κ3) is 4.12. The van der Waals surface area contributed by atoms with E-state index in [2.05, 4.69) is 16.3 Å². The number of carbonyl (C=O) groups is 2. The summed E-state index contributed by atoms with van der Waals surface area (Å²) in [6.07, 6.45) is 0. The van der Waals surface area contributed by atoms with Crippen LogP contribution in [0, 0.1) is 13.8 Å². The van der Waals surface area contributed by atoms with Crippen molar-refractivity contribution >= 4 is 34.4 Å². The summed E-state index contributed by atoms with van der Waals surface area (Å²) in [5.74, 6) is -0.482. The van der Waals surface area contributed by atoms with Crippen molar-refractivity contribution in [1.82, 2.24) is 9.80 Å². The number of ether oxygens (including phenoxy) is 1. The van der Waals surface area contributed by atoms with Gasteiger partial charge in [0.2, 0.25) is 0 Å². The van der Waals surface area contributed by atoms with Gasteiger partial charge in [-0.1, -0.05) is 23.8 Å². The fourth-order valence-electron chi connectivity index (χ4n) is 3.70. The maximum Gasteiger partial charge on any atom is 0.278 e. The lowest BCUT2D eigenvalue weighted by molar-refractivity contribution is -0.137. The summed E-state index contributed by atoms with van der Waals surface area (Å²) in [7, 11) is 0. The molecule has 0 saturated carbocycles. The molecule has 2 aromatic rings. The Morgan fingerprint density at radius 2 is 1.86 bits per heavy atom. The van der Waals surface area contributed by atoms with Crippen LogP contribution in [0.4, 0.5) is 5.69 Å². The Hall–Kier alpha value is -2.48. The van der Waals surface area contributed by atoms with Gasteiger partial charge in [0, 0.05) is 36.7 Å². The van der Waals surface area contributed by atoms with Gasteiger partial charge in [-0.3, -0.25) is 19.4 Å². The molecule has 152 valence electrons. The number of anilines is 1. The zero-order chi connectivity index (χ0) is 20.4. The van der Waals surface area contributed by atoms with E-state index in [1.807, 2.05) is 43.5 Å². The second kappa shape index (κ2) is 8.49. The Morgan fingerprint density at radius 3 is 2.55 bits per heavy atom. The zero-order valence-corrected chi connectivity index (χ0v) is 17.6. The minimum Gasteiger partial charge on any atom is -0.379 e. The molecule has 0 atom stereocenters. The van der Waals surface area contributed by atoms with Crippen molar-refractivity contribution in [1.29, 1.82) is 0 Å². The Bertz CT molecular complexity index is 946. The van der Waals surface area contributed by atoms with Gasteiger partial charge in [0.25, 0.3) is 11.8 Å². The molecule has 1 N–H and O–H groups in total. The topological polar surface area (TPSA) is 61.9 Å². The summed E-state index contributed by atoms with van der Waals surface area (Å²) in [5.41, 5.74) is 3.87. The van der Waals surface area contributed by atoms with Crippen LogP contribution in [0.1, 0.15) is 16.0 Å². The highest BCUT2D eigenvalue weighted by atomic mass is 32.1. The fourth-order valence-corrected chi connectivity index (χ4v) is 4.47. The number of rotatable bonds is 6. The van der Waals surface area contributed by atoms with E-state index in [4.69, 9.17) is 4.74 Å². The van der Waals surface area contributed by atoms with Crippen LogP contribution in [0.5, 0.6) is 0 Å². The minimum atomic E-state index is -0.258. The summed E-state index contributed by atoms with van der Waals surface area (Å²) >= 11 is 1.47. The largest absolute Gasteiger partial charge is 0.379 e. The van der Waals surface area contributed by atoms with E-state index >= 15 is 0 Å². The zero-order valence-electron chi connectivity index (χ0n) is 16.7. The highest BCUT2D eigenvalue weighted by molar-refractivity contribution is 7.11. The van der Waals surface area contributed by atoms with Crippen molar-refractivity contribution in [2.45, 2.75) is 13.8 Å². The van der Waals surface area contributed by atoms with Gasteiger partial charge in [-0.25, -0.2) is 0 Å². The molecule has 0 radical (unpaired) electrons. The standard InChI is InChI=1S/C22H25N3O3S/c1-15-5-6-17(16(2)14-15)23-20-19(18-4-3-13-29-18)21(26)25(22(20)27)8-7-24-9-11-28-12-10-24/h3-6,13-14,23H,7-12H2,1-2H3. The van der Waals surface area contributed by atoms with Gasteiger partial charge in [-0.2, -0.15) is 0 Å². The molecule has 0 unspecified atom stereocenters. The lowest BCUT2D eigenvalue weighted by Gasteiger charge is -2.28. The molecule has 0 bridgehead atoms. The van der Waals surface area contributed by atoms with Crippen LogP contribution in [-0.4, -0.2) is 61.0 Å². The average Bonchev–Trinajstić information content (AvgIpc) is 3.31. The highest BCUT2D eigenvalue weighted by Crippen LogP contribution is 2.33. The molecule has 6 nitrogen and oxygen atoms in total. The normalized spacial score (nSPS) is 18.1. The average molecular weight is 412 g/mol. The summed E-state index contributed by atoms with van der Waals surface area (Å²) in [6, 6.07) is 9.80. The molecule has 2 aliphatic rings. The lowest BCUT2D eigenvalue weighted by Crippen LogP contribution is -2.43. The molecule has 1 aromatic heterocycles. The van der Waals surface area contributed by atoms with E-state index in [1.54, 1.807) is 0 Å². The molecule has 29 heavy (non-hydrogen) atoms. The highest BCUT2D eigenvalue weighted by Gasteiger charge is 2.39. The number of morpholine rings is 1. The third-order valence-corrected chi connectivity index (χ3v) is 6.21. The summed E-state index contributed by atoms with van der Waals surface area (Å²) < 4.78 is 5.38. The molecular weight excluding hydrogens is 386 g/mol. The number of imide groups is 1. The van der Waals surface area contributed by atoms with E-state index in [9.17, 15) is 9.59 Å². The van der Waals surface area contributed by atoms with Crippen LogP contribution in [-0.2, 0) is 14.3 Å². The number of benzene rings is 1. The predicted molar refractivity (Wildman–Crippen MR) is 115 cm³/mol. The molecule has 1 saturated heterocycles. The number of carbonyl (C=O) groups excluding carboxylic acids is 2. The first-order chi connectivity index (χ1) is 14.0. The number of hydrogen-bond donors (Lipinski definition) is 1. The van der Waals surface area contributed by atoms with Gasteiger partial charge in [-0.05, 0) is 36.9 Å². The van der Waals surface area contributed by atoms with Gasteiger partial charge in [0.1, 0.15) is 5.70 Å². The van der Waals surface area contributed by atoms with Crippen LogP contribution in [0.3, 0.4) is 0 Å². The van der Waals surface area contributed by atoms with E-state index in [0.717, 1.165) is 34.8 Å². The maximum atomic E-state index is 13.2. The molecule has 3 heterocycles. The summed E-state index contributed by atoms with van der Waals surface area (Å²) in [5, 5.41) is 5.19. The van der Waals surface area contributed by atoms with Gasteiger partial charge >= 0.3 is 0 Å². The second-order valence-electron chi connectivity index (χ2n) is 7.39. The first kappa shape index (κ1) is 19.8. The van der Waals surface area contributed by atoms with Crippen LogP contribution in [0.15, 0.2) is 41.4 Å². The number of amides is 2. The Labute approximate surface area is 174 Å². The number of aryl methyl sites for hydroxylation is 2. The first-order valence-corrected chi connectivity index (χ1v) is 10.7. The van der Waals surface area contributed by atoms with Gasteiger partial charge < -0.3 is 10.1 Å². The SMILES string of the molecule is Cc1ccc(NC2=C(c3cccs3)C(=O)N(CCN3CCOCC3)C2=O)c(C)c1. The van der Waals surface area contributed by atoms with Crippen molar-refractivity contribution in [3.8, 4) is 0 Å². The van der Waals surface area contributed by atoms with Crippen molar-refractivity contribution in [2.24, 2.45) is 0 Å². The third-order valence-electron chi connectivity index (χ3n) is 5.32. The monoisotopic (exact) mass is 411 g/mol. The quantitative estimate of drug-likeness (QED) is 0.741. The minimum absolute atomic E-state index is 0.224. The molecule has 1 fully saturated rings. The molecular formula is C22H25N3O3S. The Morgan fingerprint density at radius 1 is 1.07 bits per heavy atom. The molecule has 0 aliphatic carbocycles. The number of nitrogens with zero attached hydrogens (tertiary/aromatic N) is 2. The van der Waals surface area contributed by atoms with E-state index in [0.29, 0.717) is 37.6 Å². The number of nitrogens with one attached hydrogen (secondary N) is 1. The van der Waals surface area contributed by atoms with Crippen LogP contribution >= 0.6 is 11.3 Å². The second-order valence-corrected chi connectivity index (χ2v) is 8.33. The van der Waals surface area contributed by atoms with E-state index in [1.165, 1.54) is 16.2 Å². The maximum absolute atomic E-state index is 13.2. The Balaban J connectivity index is 1.60. The molecule has 0 spiro atoms. The molecule has 2 aliphatic heterocycles. The first-order valence-electron chi connectivity index (χ1n) is 9.83. The molecule has 1 aromatic carbocycles. The predicted octanol–water partition coefficient (Wildman–Crippen LogP) is 2.89. The number of thiophene rings is 1. The summed E-state index contributed by atoms with van der Waals surface area (Å²) in [4.78, 5) is 30.8. The fraction of sp³-hybridized carbons (Fsp3) is 0.364. The molecule has 2 amide bonds. The summed E-state index contributed by atoms with van der Waals surface area (Å²) in [6.45, 7) is 8.12. The van der Waals surface area contributed by atoms with Crippen molar-refractivity contribution < 1.29 is 14.3 Å². The molecule has 7 heteroatoms. The van der Waals surface area contributed by atoms with E-state index < -0.39 is 0 Å². The van der Waals surface area contributed by atoms with Crippen LogP contribution in [0.2, 0.25) is 0 Å². The number of hydrogen-bond acceptors (Lipinski definition) is 6. The van der Waals surface area contributed by atoms with E-state index in [-0.39, 0.29) is 11.8 Å². The lowest BCUT2D eigenvalue weighted by atomic mass is 10.1.